The summed E-state index contributed by atoms with van der Waals surface area (Å²) in [6.07, 6.45) is 3.73. The lowest BCUT2D eigenvalue weighted by atomic mass is 10.1. The zero-order valence-corrected chi connectivity index (χ0v) is 13.2. The molecule has 0 saturated heterocycles. The van der Waals surface area contributed by atoms with Crippen molar-refractivity contribution in [3.05, 3.63) is 23.8 Å². The monoisotopic (exact) mass is 280 g/mol. The van der Waals surface area contributed by atoms with E-state index in [1.807, 2.05) is 18.2 Å². The van der Waals surface area contributed by atoms with Crippen LogP contribution in [0.5, 0.6) is 11.5 Å². The molecule has 0 heterocycles. The number of hydrogen-bond acceptors (Lipinski definition) is 4. The summed E-state index contributed by atoms with van der Waals surface area (Å²) in [5.74, 6) is 1.58. The number of hydrogen-bond donors (Lipinski definition) is 1. The van der Waals surface area contributed by atoms with Gasteiger partial charge in [0, 0.05) is 24.2 Å². The van der Waals surface area contributed by atoms with Gasteiger partial charge in [0.2, 0.25) is 0 Å². The second-order valence-electron chi connectivity index (χ2n) is 5.18. The van der Waals surface area contributed by atoms with Crippen molar-refractivity contribution < 1.29 is 9.47 Å². The molecule has 1 aromatic rings. The molecule has 1 atom stereocenters. The van der Waals surface area contributed by atoms with Gasteiger partial charge < -0.3 is 20.1 Å². The highest BCUT2D eigenvalue weighted by Crippen LogP contribution is 2.28. The summed E-state index contributed by atoms with van der Waals surface area (Å²) >= 11 is 0. The molecule has 2 N–H and O–H groups in total. The number of unbranched alkanes of at least 4 members (excludes halogenated alkanes) is 2. The van der Waals surface area contributed by atoms with Gasteiger partial charge in [0.15, 0.2) is 0 Å². The van der Waals surface area contributed by atoms with Gasteiger partial charge in [-0.3, -0.25) is 0 Å². The van der Waals surface area contributed by atoms with Gasteiger partial charge in [-0.2, -0.15) is 0 Å². The first-order valence-electron chi connectivity index (χ1n) is 7.28. The first-order chi connectivity index (χ1) is 9.62. The molecule has 0 aromatic heterocycles. The highest BCUT2D eigenvalue weighted by molar-refractivity contribution is 5.42. The Hall–Kier alpha value is -1.26. The van der Waals surface area contributed by atoms with E-state index in [0.29, 0.717) is 0 Å². The maximum absolute atomic E-state index is 6.31. The second-order valence-corrected chi connectivity index (χ2v) is 5.18. The highest BCUT2D eigenvalue weighted by Gasteiger charge is 2.14. The average molecular weight is 280 g/mol. The fourth-order valence-electron chi connectivity index (χ4n) is 2.28. The largest absolute Gasteiger partial charge is 0.497 e. The third-order valence-electron chi connectivity index (χ3n) is 3.49. The zero-order chi connectivity index (χ0) is 15.0. The van der Waals surface area contributed by atoms with Crippen molar-refractivity contribution in [1.82, 2.24) is 4.90 Å². The Balaban J connectivity index is 2.64. The molecule has 4 nitrogen and oxygen atoms in total. The topological polar surface area (TPSA) is 47.7 Å². The van der Waals surface area contributed by atoms with Crippen LogP contribution in [0.2, 0.25) is 0 Å². The molecule has 114 valence electrons. The van der Waals surface area contributed by atoms with E-state index < -0.39 is 0 Å². The predicted octanol–water partition coefficient (Wildman–Crippen LogP) is 2.83. The van der Waals surface area contributed by atoms with Gasteiger partial charge in [-0.15, -0.1) is 0 Å². The lowest BCUT2D eigenvalue weighted by Gasteiger charge is -2.23. The lowest BCUT2D eigenvalue weighted by molar-refractivity contribution is 0.301. The summed E-state index contributed by atoms with van der Waals surface area (Å²) in [7, 11) is 5.43. The molecule has 1 unspecified atom stereocenters. The maximum atomic E-state index is 6.31. The van der Waals surface area contributed by atoms with Gasteiger partial charge in [0.1, 0.15) is 11.5 Å². The van der Waals surface area contributed by atoms with Gasteiger partial charge in [0.05, 0.1) is 14.2 Å². The first kappa shape index (κ1) is 16.8. The Morgan fingerprint density at radius 2 is 1.95 bits per heavy atom. The average Bonchev–Trinajstić information content (AvgIpc) is 2.46. The van der Waals surface area contributed by atoms with Crippen molar-refractivity contribution in [3.63, 3.8) is 0 Å². The van der Waals surface area contributed by atoms with Crippen LogP contribution in [0.1, 0.15) is 37.8 Å². The van der Waals surface area contributed by atoms with E-state index in [0.717, 1.165) is 30.2 Å². The normalized spacial score (nSPS) is 12.5. The van der Waals surface area contributed by atoms with Crippen molar-refractivity contribution in [3.8, 4) is 11.5 Å². The van der Waals surface area contributed by atoms with Crippen molar-refractivity contribution in [2.24, 2.45) is 5.73 Å². The summed E-state index contributed by atoms with van der Waals surface area (Å²) in [5.41, 5.74) is 7.33. The minimum Gasteiger partial charge on any atom is -0.497 e. The van der Waals surface area contributed by atoms with Crippen molar-refractivity contribution in [2.45, 2.75) is 32.2 Å². The summed E-state index contributed by atoms with van der Waals surface area (Å²) in [5, 5.41) is 0. The molecule has 0 aliphatic carbocycles. The molecule has 0 fully saturated rings. The van der Waals surface area contributed by atoms with Crippen LogP contribution in [0, 0.1) is 0 Å². The molecule has 0 saturated carbocycles. The zero-order valence-electron chi connectivity index (χ0n) is 13.2. The Bertz CT molecular complexity index is 396. The van der Waals surface area contributed by atoms with Gasteiger partial charge >= 0.3 is 0 Å². The molecule has 4 heteroatoms. The molecule has 0 bridgehead atoms. The Morgan fingerprint density at radius 3 is 2.55 bits per heavy atom. The van der Waals surface area contributed by atoms with Crippen molar-refractivity contribution in [2.75, 3.05) is 34.4 Å². The fourth-order valence-corrected chi connectivity index (χ4v) is 2.28. The smallest absolute Gasteiger partial charge is 0.127 e. The predicted molar refractivity (Wildman–Crippen MR) is 83.5 cm³/mol. The number of benzene rings is 1. The van der Waals surface area contributed by atoms with E-state index >= 15 is 0 Å². The quantitative estimate of drug-likeness (QED) is 0.707. The molecular formula is C16H28N2O2. The van der Waals surface area contributed by atoms with Gasteiger partial charge in [-0.1, -0.05) is 25.8 Å². The minimum atomic E-state index is -0.0533. The van der Waals surface area contributed by atoms with Crippen molar-refractivity contribution >= 4 is 0 Å². The molecule has 1 rings (SSSR count). The number of nitrogens with two attached hydrogens (primary N) is 1. The molecule has 0 radical (unpaired) electrons. The van der Waals surface area contributed by atoms with E-state index in [4.69, 9.17) is 15.2 Å². The van der Waals surface area contributed by atoms with Crippen molar-refractivity contribution in [1.29, 1.82) is 0 Å². The van der Waals surface area contributed by atoms with Gasteiger partial charge in [0.25, 0.3) is 0 Å². The standard InChI is InChI=1S/C16H28N2O2/c1-5-6-7-10-18(2)12-15(17)14-9-8-13(19-3)11-16(14)20-4/h8-9,11,15H,5-7,10,12,17H2,1-4H3. The van der Waals surface area contributed by atoms with Crippen LogP contribution in [0.15, 0.2) is 18.2 Å². The summed E-state index contributed by atoms with van der Waals surface area (Å²) < 4.78 is 10.6. The fraction of sp³-hybridized carbons (Fsp3) is 0.625. The molecule has 20 heavy (non-hydrogen) atoms. The van der Waals surface area contributed by atoms with E-state index in [2.05, 4.69) is 18.9 Å². The first-order valence-corrected chi connectivity index (χ1v) is 7.28. The number of nitrogens with zero attached hydrogens (tertiary/aromatic N) is 1. The SMILES string of the molecule is CCCCCN(C)CC(N)c1ccc(OC)cc1OC. The second kappa shape index (κ2) is 8.82. The molecule has 0 aliphatic heterocycles. The van der Waals surface area contributed by atoms with Crippen LogP contribution >= 0.6 is 0 Å². The Morgan fingerprint density at radius 1 is 1.20 bits per heavy atom. The third kappa shape index (κ3) is 5.02. The molecule has 0 spiro atoms. The maximum Gasteiger partial charge on any atom is 0.127 e. The number of ether oxygens (including phenoxy) is 2. The molecule has 1 aromatic carbocycles. The Labute approximate surface area is 122 Å². The lowest BCUT2D eigenvalue weighted by Crippen LogP contribution is -2.30. The highest BCUT2D eigenvalue weighted by atomic mass is 16.5. The van der Waals surface area contributed by atoms with Crippen LogP contribution in [-0.4, -0.2) is 39.3 Å². The number of methoxy groups -OCH3 is 2. The molecular weight excluding hydrogens is 252 g/mol. The van der Waals surface area contributed by atoms with E-state index in [-0.39, 0.29) is 6.04 Å². The summed E-state index contributed by atoms with van der Waals surface area (Å²) in [6.45, 7) is 4.13. The minimum absolute atomic E-state index is 0.0533. The van der Waals surface area contributed by atoms with Gasteiger partial charge in [-0.05, 0) is 26.1 Å². The van der Waals surface area contributed by atoms with E-state index in [1.54, 1.807) is 14.2 Å². The van der Waals surface area contributed by atoms with Crippen LogP contribution in [0.3, 0.4) is 0 Å². The third-order valence-corrected chi connectivity index (χ3v) is 3.49. The van der Waals surface area contributed by atoms with Crippen LogP contribution in [-0.2, 0) is 0 Å². The van der Waals surface area contributed by atoms with E-state index in [9.17, 15) is 0 Å². The van der Waals surface area contributed by atoms with Crippen LogP contribution in [0.4, 0.5) is 0 Å². The van der Waals surface area contributed by atoms with E-state index in [1.165, 1.54) is 19.3 Å². The van der Waals surface area contributed by atoms with Gasteiger partial charge in [-0.25, -0.2) is 0 Å². The Kier molecular flexibility index (Phi) is 7.41. The van der Waals surface area contributed by atoms with Crippen LogP contribution < -0.4 is 15.2 Å². The number of rotatable bonds is 9. The molecule has 0 amide bonds. The molecule has 0 aliphatic rings. The number of likely N-dealkylation sites (N-methyl/N-ethyl adjacent to an activating group) is 1. The summed E-state index contributed by atoms with van der Waals surface area (Å²) in [6, 6.07) is 5.74. The summed E-state index contributed by atoms with van der Waals surface area (Å²) in [4.78, 5) is 2.28. The van der Waals surface area contributed by atoms with Crippen LogP contribution in [0.25, 0.3) is 0 Å².